The van der Waals surface area contributed by atoms with Gasteiger partial charge < -0.3 is 15.5 Å². The average molecular weight is 388 g/mol. The van der Waals surface area contributed by atoms with E-state index in [1.807, 2.05) is 56.3 Å². The van der Waals surface area contributed by atoms with Crippen LogP contribution in [0.5, 0.6) is 0 Å². The number of amides is 2. The summed E-state index contributed by atoms with van der Waals surface area (Å²) in [7, 11) is 3.75. The maximum Gasteiger partial charge on any atom is 0.255 e. The molecule has 0 fully saturated rings. The second-order valence-electron chi connectivity index (χ2n) is 6.99. The predicted octanol–water partition coefficient (Wildman–Crippen LogP) is 3.64. The van der Waals surface area contributed by atoms with E-state index in [1.165, 1.54) is 0 Å². The van der Waals surface area contributed by atoms with Crippen LogP contribution in [0.15, 0.2) is 67.0 Å². The summed E-state index contributed by atoms with van der Waals surface area (Å²) < 4.78 is 0. The molecule has 3 rings (SSSR count). The van der Waals surface area contributed by atoms with Gasteiger partial charge in [0.05, 0.1) is 5.56 Å². The number of carbonyl (C=O) groups is 2. The molecule has 3 aromatic rings. The Bertz CT molecular complexity index is 999. The largest absolute Gasteiger partial charge is 0.377 e. The molecule has 2 amide bonds. The maximum absolute atomic E-state index is 12.8. The Balaban J connectivity index is 1.78. The number of benzene rings is 2. The van der Waals surface area contributed by atoms with Crippen LogP contribution in [-0.2, 0) is 6.54 Å². The third-order valence-corrected chi connectivity index (χ3v) is 4.47. The Morgan fingerprint density at radius 2 is 1.76 bits per heavy atom. The maximum atomic E-state index is 12.8. The minimum atomic E-state index is -0.219. The Kier molecular flexibility index (Phi) is 6.24. The van der Waals surface area contributed by atoms with Gasteiger partial charge in [-0.15, -0.1) is 0 Å². The number of hydrogen-bond acceptors (Lipinski definition) is 4. The first-order valence-corrected chi connectivity index (χ1v) is 9.30. The summed E-state index contributed by atoms with van der Waals surface area (Å²) in [6.07, 6.45) is 3.40. The first kappa shape index (κ1) is 20.1. The van der Waals surface area contributed by atoms with Crippen molar-refractivity contribution in [1.82, 2.24) is 10.3 Å². The van der Waals surface area contributed by atoms with Crippen LogP contribution in [0.3, 0.4) is 0 Å². The number of carbonyl (C=O) groups excluding carboxylic acids is 2. The molecule has 1 heterocycles. The van der Waals surface area contributed by atoms with Crippen molar-refractivity contribution in [1.29, 1.82) is 0 Å². The molecule has 0 bridgehead atoms. The Labute approximate surface area is 170 Å². The van der Waals surface area contributed by atoms with Gasteiger partial charge in [-0.2, -0.15) is 0 Å². The zero-order chi connectivity index (χ0) is 20.8. The van der Waals surface area contributed by atoms with E-state index < -0.39 is 0 Å². The number of nitrogens with one attached hydrogen (secondary N) is 2. The molecule has 0 unspecified atom stereocenters. The molecule has 0 atom stereocenters. The van der Waals surface area contributed by atoms with Crippen LogP contribution >= 0.6 is 0 Å². The van der Waals surface area contributed by atoms with E-state index in [2.05, 4.69) is 15.6 Å². The Morgan fingerprint density at radius 3 is 2.41 bits per heavy atom. The Morgan fingerprint density at radius 1 is 1.00 bits per heavy atom. The van der Waals surface area contributed by atoms with Gasteiger partial charge in [0, 0.05) is 50.0 Å². The highest BCUT2D eigenvalue weighted by Gasteiger charge is 2.15. The summed E-state index contributed by atoms with van der Waals surface area (Å²) in [5.41, 5.74) is 4.38. The monoisotopic (exact) mass is 388 g/mol. The topological polar surface area (TPSA) is 74.3 Å². The predicted molar refractivity (Wildman–Crippen MR) is 115 cm³/mol. The molecule has 2 N–H and O–H groups in total. The quantitative estimate of drug-likeness (QED) is 0.676. The summed E-state index contributed by atoms with van der Waals surface area (Å²) >= 11 is 0. The van der Waals surface area contributed by atoms with Crippen LogP contribution in [0.4, 0.5) is 11.4 Å². The average Bonchev–Trinajstić information content (AvgIpc) is 2.73. The fourth-order valence-electron chi connectivity index (χ4n) is 2.87. The van der Waals surface area contributed by atoms with Gasteiger partial charge in [-0.05, 0) is 48.9 Å². The smallest absolute Gasteiger partial charge is 0.255 e. The van der Waals surface area contributed by atoms with Crippen LogP contribution < -0.4 is 15.5 Å². The lowest BCUT2D eigenvalue weighted by Gasteiger charge is -2.18. The van der Waals surface area contributed by atoms with E-state index in [4.69, 9.17) is 0 Å². The highest BCUT2D eigenvalue weighted by molar-refractivity contribution is 6.06. The van der Waals surface area contributed by atoms with Crippen molar-refractivity contribution in [2.45, 2.75) is 13.5 Å². The summed E-state index contributed by atoms with van der Waals surface area (Å²) in [5, 5.41) is 5.78. The molecule has 0 spiro atoms. The van der Waals surface area contributed by atoms with E-state index in [0.29, 0.717) is 23.4 Å². The molecule has 2 aromatic carbocycles. The zero-order valence-corrected chi connectivity index (χ0v) is 16.8. The normalized spacial score (nSPS) is 10.3. The molecule has 0 saturated heterocycles. The molecule has 0 radical (unpaired) electrons. The van der Waals surface area contributed by atoms with Crippen molar-refractivity contribution in [3.8, 4) is 0 Å². The van der Waals surface area contributed by atoms with E-state index in [0.717, 1.165) is 16.8 Å². The molecule has 6 heteroatoms. The van der Waals surface area contributed by atoms with Gasteiger partial charge in [-0.3, -0.25) is 14.6 Å². The van der Waals surface area contributed by atoms with Gasteiger partial charge in [0.25, 0.3) is 11.8 Å². The van der Waals surface area contributed by atoms with E-state index in [9.17, 15) is 9.59 Å². The summed E-state index contributed by atoms with van der Waals surface area (Å²) in [4.78, 5) is 31.2. The van der Waals surface area contributed by atoms with E-state index >= 15 is 0 Å². The van der Waals surface area contributed by atoms with Crippen LogP contribution in [-0.4, -0.2) is 30.9 Å². The van der Waals surface area contributed by atoms with Crippen molar-refractivity contribution in [3.63, 3.8) is 0 Å². The minimum Gasteiger partial charge on any atom is -0.377 e. The summed E-state index contributed by atoms with van der Waals surface area (Å²) in [6.45, 7) is 2.34. The standard InChI is InChI=1S/C23H24N4O2/c1-16-6-8-18(9-7-16)22(28)26-19-10-11-21(27(2)3)20(13-19)23(29)25-15-17-5-4-12-24-14-17/h4-14H,15H2,1-3H3,(H,25,29)(H,26,28). The number of aromatic nitrogens is 1. The molecule has 1 aromatic heterocycles. The first-order chi connectivity index (χ1) is 13.9. The molecule has 0 saturated carbocycles. The lowest BCUT2D eigenvalue weighted by molar-refractivity contribution is 0.0950. The van der Waals surface area contributed by atoms with Crippen LogP contribution in [0.1, 0.15) is 31.8 Å². The van der Waals surface area contributed by atoms with Gasteiger partial charge in [0.1, 0.15) is 0 Å². The number of nitrogens with zero attached hydrogens (tertiary/aromatic N) is 2. The molecular weight excluding hydrogens is 364 g/mol. The molecule has 29 heavy (non-hydrogen) atoms. The SMILES string of the molecule is Cc1ccc(C(=O)Nc2ccc(N(C)C)c(C(=O)NCc3cccnc3)c2)cc1. The Hall–Kier alpha value is -3.67. The molecule has 148 valence electrons. The van der Waals surface area contributed by atoms with Crippen LogP contribution in [0, 0.1) is 6.92 Å². The van der Waals surface area contributed by atoms with Crippen molar-refractivity contribution in [2.75, 3.05) is 24.3 Å². The lowest BCUT2D eigenvalue weighted by atomic mass is 10.1. The van der Waals surface area contributed by atoms with E-state index in [-0.39, 0.29) is 11.8 Å². The van der Waals surface area contributed by atoms with Gasteiger partial charge in [0.15, 0.2) is 0 Å². The second-order valence-corrected chi connectivity index (χ2v) is 6.99. The van der Waals surface area contributed by atoms with Gasteiger partial charge in [-0.25, -0.2) is 0 Å². The molecule has 0 aliphatic carbocycles. The van der Waals surface area contributed by atoms with Gasteiger partial charge >= 0.3 is 0 Å². The van der Waals surface area contributed by atoms with Crippen molar-refractivity contribution in [2.24, 2.45) is 0 Å². The summed E-state index contributed by atoms with van der Waals surface area (Å²) in [5.74, 6) is -0.437. The third-order valence-electron chi connectivity index (χ3n) is 4.47. The number of hydrogen-bond donors (Lipinski definition) is 2. The number of anilines is 2. The van der Waals surface area contributed by atoms with Crippen LogP contribution in [0.2, 0.25) is 0 Å². The summed E-state index contributed by atoms with van der Waals surface area (Å²) in [6, 6.07) is 16.4. The molecular formula is C23H24N4O2. The van der Waals surface area contributed by atoms with Crippen molar-refractivity contribution < 1.29 is 9.59 Å². The zero-order valence-electron chi connectivity index (χ0n) is 16.8. The number of pyridine rings is 1. The van der Waals surface area contributed by atoms with Gasteiger partial charge in [-0.1, -0.05) is 23.8 Å². The highest BCUT2D eigenvalue weighted by Crippen LogP contribution is 2.23. The van der Waals surface area contributed by atoms with E-state index in [1.54, 1.807) is 36.7 Å². The van der Waals surface area contributed by atoms with Crippen molar-refractivity contribution >= 4 is 23.2 Å². The molecule has 0 aliphatic rings. The number of rotatable bonds is 6. The third kappa shape index (κ3) is 5.19. The van der Waals surface area contributed by atoms with Gasteiger partial charge in [0.2, 0.25) is 0 Å². The van der Waals surface area contributed by atoms with Crippen LogP contribution in [0.25, 0.3) is 0 Å². The minimum absolute atomic E-state index is 0.218. The fraction of sp³-hybridized carbons (Fsp3) is 0.174. The number of aryl methyl sites for hydroxylation is 1. The lowest BCUT2D eigenvalue weighted by Crippen LogP contribution is -2.25. The molecule has 0 aliphatic heterocycles. The molecule has 6 nitrogen and oxygen atoms in total. The highest BCUT2D eigenvalue weighted by atomic mass is 16.2. The van der Waals surface area contributed by atoms with Crippen molar-refractivity contribution in [3.05, 3.63) is 89.2 Å². The second kappa shape index (κ2) is 9.01. The first-order valence-electron chi connectivity index (χ1n) is 9.30. The fourth-order valence-corrected chi connectivity index (χ4v) is 2.87.